The fourth-order valence-electron chi connectivity index (χ4n) is 3.03. The largest absolute Gasteiger partial charge is 0.486 e. The molecular weight excluding hydrogens is 252 g/mol. The van der Waals surface area contributed by atoms with Gasteiger partial charge in [0.2, 0.25) is 0 Å². The summed E-state index contributed by atoms with van der Waals surface area (Å²) in [7, 11) is 0. The minimum atomic E-state index is 0.0195. The maximum absolute atomic E-state index is 12.5. The van der Waals surface area contributed by atoms with Crippen molar-refractivity contribution in [3.05, 3.63) is 24.3 Å². The predicted molar refractivity (Wildman–Crippen MR) is 79.3 cm³/mol. The van der Waals surface area contributed by atoms with E-state index in [0.29, 0.717) is 12.6 Å². The van der Waals surface area contributed by atoms with Crippen LogP contribution in [-0.2, 0) is 0 Å². The molecule has 0 radical (unpaired) electrons. The summed E-state index contributed by atoms with van der Waals surface area (Å²) in [5, 5.41) is 3.17. The number of rotatable bonds is 2. The number of benzene rings is 1. The Bertz CT molecular complexity index is 483. The van der Waals surface area contributed by atoms with Gasteiger partial charge in [-0.1, -0.05) is 31.9 Å². The average molecular weight is 274 g/mol. The van der Waals surface area contributed by atoms with Crippen LogP contribution in [-0.4, -0.2) is 24.7 Å². The van der Waals surface area contributed by atoms with Gasteiger partial charge in [-0.25, -0.2) is 4.79 Å². The molecule has 1 heterocycles. The maximum atomic E-state index is 12.5. The summed E-state index contributed by atoms with van der Waals surface area (Å²) in [6.45, 7) is 2.72. The zero-order chi connectivity index (χ0) is 13.9. The molecular formula is C16H22N2O2. The van der Waals surface area contributed by atoms with E-state index in [1.54, 1.807) is 0 Å². The van der Waals surface area contributed by atoms with E-state index in [0.717, 1.165) is 30.7 Å². The first-order chi connectivity index (χ1) is 9.78. The first-order valence-corrected chi connectivity index (χ1v) is 7.61. The molecule has 2 amide bonds. The third-order valence-electron chi connectivity index (χ3n) is 4.22. The number of nitrogens with zero attached hydrogens (tertiary/aromatic N) is 1. The number of anilines is 1. The van der Waals surface area contributed by atoms with Crippen molar-refractivity contribution in [1.82, 2.24) is 5.32 Å². The molecule has 1 atom stereocenters. The Morgan fingerprint density at radius 2 is 2.10 bits per heavy atom. The average Bonchev–Trinajstić information content (AvgIpc) is 2.98. The summed E-state index contributed by atoms with van der Waals surface area (Å²) in [6, 6.07) is 8.15. The highest BCUT2D eigenvalue weighted by Gasteiger charge is 2.30. The fourth-order valence-corrected chi connectivity index (χ4v) is 3.03. The summed E-state index contributed by atoms with van der Waals surface area (Å²) >= 11 is 0. The highest BCUT2D eigenvalue weighted by atomic mass is 16.5. The Hall–Kier alpha value is -1.71. The number of nitrogens with one attached hydrogen (secondary N) is 1. The molecule has 1 fully saturated rings. The highest BCUT2D eigenvalue weighted by Crippen LogP contribution is 2.34. The monoisotopic (exact) mass is 274 g/mol. The van der Waals surface area contributed by atoms with Crippen molar-refractivity contribution in [2.75, 3.05) is 11.4 Å². The quantitative estimate of drug-likeness (QED) is 0.899. The van der Waals surface area contributed by atoms with E-state index in [1.807, 2.05) is 29.2 Å². The van der Waals surface area contributed by atoms with Crippen molar-refractivity contribution in [2.24, 2.45) is 0 Å². The van der Waals surface area contributed by atoms with Crippen LogP contribution in [0.5, 0.6) is 5.75 Å². The van der Waals surface area contributed by atoms with Crippen LogP contribution in [0, 0.1) is 0 Å². The Morgan fingerprint density at radius 3 is 2.85 bits per heavy atom. The van der Waals surface area contributed by atoms with Crippen LogP contribution in [0.25, 0.3) is 0 Å². The topological polar surface area (TPSA) is 41.6 Å². The summed E-state index contributed by atoms with van der Waals surface area (Å²) in [6.07, 6.45) is 5.65. The molecule has 1 aliphatic heterocycles. The number of hydrogen-bond acceptors (Lipinski definition) is 2. The second kappa shape index (κ2) is 5.73. The first kappa shape index (κ1) is 13.3. The molecule has 108 valence electrons. The van der Waals surface area contributed by atoms with Gasteiger partial charge in [0.15, 0.2) is 0 Å². The number of ether oxygens (including phenoxy) is 1. The molecule has 0 bridgehead atoms. The molecule has 20 heavy (non-hydrogen) atoms. The van der Waals surface area contributed by atoms with E-state index in [4.69, 9.17) is 4.74 Å². The molecule has 1 N–H and O–H groups in total. The molecule has 3 rings (SSSR count). The summed E-state index contributed by atoms with van der Waals surface area (Å²) in [4.78, 5) is 14.4. The van der Waals surface area contributed by atoms with E-state index in [1.165, 1.54) is 12.8 Å². The van der Waals surface area contributed by atoms with Crippen molar-refractivity contribution >= 4 is 11.7 Å². The zero-order valence-corrected chi connectivity index (χ0v) is 12.0. The number of amides is 2. The number of fused-ring (bicyclic) bond motifs is 1. The molecule has 0 saturated heterocycles. The smallest absolute Gasteiger partial charge is 0.322 e. The molecule has 1 aliphatic carbocycles. The zero-order valence-electron chi connectivity index (χ0n) is 12.0. The van der Waals surface area contributed by atoms with E-state index < -0.39 is 0 Å². The molecule has 1 saturated carbocycles. The van der Waals surface area contributed by atoms with Crippen LogP contribution < -0.4 is 15.0 Å². The van der Waals surface area contributed by atoms with Crippen molar-refractivity contribution in [3.8, 4) is 5.75 Å². The van der Waals surface area contributed by atoms with Gasteiger partial charge in [-0.2, -0.15) is 0 Å². The van der Waals surface area contributed by atoms with Gasteiger partial charge in [0.25, 0.3) is 0 Å². The normalized spacial score (nSPS) is 22.2. The molecule has 4 heteroatoms. The van der Waals surface area contributed by atoms with Gasteiger partial charge in [-0.15, -0.1) is 0 Å². The van der Waals surface area contributed by atoms with Crippen LogP contribution >= 0.6 is 0 Å². The number of hydrogen-bond donors (Lipinski definition) is 1. The van der Waals surface area contributed by atoms with Gasteiger partial charge in [-0.3, -0.25) is 4.90 Å². The molecule has 0 unspecified atom stereocenters. The first-order valence-electron chi connectivity index (χ1n) is 7.61. The summed E-state index contributed by atoms with van der Waals surface area (Å²) in [5.74, 6) is 0.812. The summed E-state index contributed by atoms with van der Waals surface area (Å²) in [5.41, 5.74) is 0.882. The molecule has 0 aromatic heterocycles. The van der Waals surface area contributed by atoms with Crippen molar-refractivity contribution in [2.45, 2.75) is 51.2 Å². The van der Waals surface area contributed by atoms with Crippen LogP contribution in [0.15, 0.2) is 24.3 Å². The van der Waals surface area contributed by atoms with Crippen LogP contribution in [0.3, 0.4) is 0 Å². The Labute approximate surface area is 120 Å². The lowest BCUT2D eigenvalue weighted by Gasteiger charge is -2.35. The fraction of sp³-hybridized carbons (Fsp3) is 0.562. The molecule has 1 aromatic rings. The van der Waals surface area contributed by atoms with Crippen molar-refractivity contribution in [3.63, 3.8) is 0 Å². The Balaban J connectivity index is 1.78. The van der Waals surface area contributed by atoms with E-state index in [9.17, 15) is 4.79 Å². The molecule has 1 aromatic carbocycles. The van der Waals surface area contributed by atoms with Crippen molar-refractivity contribution < 1.29 is 9.53 Å². The number of carbonyl (C=O) groups is 1. The van der Waals surface area contributed by atoms with Crippen molar-refractivity contribution in [1.29, 1.82) is 0 Å². The van der Waals surface area contributed by atoms with Gasteiger partial charge in [0.1, 0.15) is 11.9 Å². The second-order valence-electron chi connectivity index (χ2n) is 5.66. The number of carbonyl (C=O) groups excluding carboxylic acids is 1. The van der Waals surface area contributed by atoms with Gasteiger partial charge in [0, 0.05) is 6.04 Å². The van der Waals surface area contributed by atoms with Crippen LogP contribution in [0.2, 0.25) is 0 Å². The van der Waals surface area contributed by atoms with Gasteiger partial charge >= 0.3 is 6.03 Å². The van der Waals surface area contributed by atoms with Gasteiger partial charge in [0.05, 0.1) is 12.2 Å². The highest BCUT2D eigenvalue weighted by molar-refractivity contribution is 5.94. The van der Waals surface area contributed by atoms with E-state index >= 15 is 0 Å². The lowest BCUT2D eigenvalue weighted by Crippen LogP contribution is -2.50. The Kier molecular flexibility index (Phi) is 3.81. The molecule has 0 spiro atoms. The maximum Gasteiger partial charge on any atom is 0.322 e. The standard InChI is InChI=1S/C16H22N2O2/c1-2-13-11-18(14-9-5-6-10-15(14)20-13)16(19)17-12-7-3-4-8-12/h5-6,9-10,12-13H,2-4,7-8,11H2,1H3,(H,17,19)/t13-/m1/s1. The van der Waals surface area contributed by atoms with E-state index in [-0.39, 0.29) is 12.1 Å². The minimum Gasteiger partial charge on any atom is -0.486 e. The van der Waals surface area contributed by atoms with Crippen LogP contribution in [0.1, 0.15) is 39.0 Å². The lowest BCUT2D eigenvalue weighted by atomic mass is 10.1. The SMILES string of the molecule is CC[C@@H]1CN(C(=O)NC2CCCC2)c2ccccc2O1. The van der Waals surface area contributed by atoms with E-state index in [2.05, 4.69) is 12.2 Å². The van der Waals surface area contributed by atoms with Gasteiger partial charge < -0.3 is 10.1 Å². The van der Waals surface area contributed by atoms with Crippen LogP contribution in [0.4, 0.5) is 10.5 Å². The Morgan fingerprint density at radius 1 is 1.35 bits per heavy atom. The number of urea groups is 1. The predicted octanol–water partition coefficient (Wildman–Crippen LogP) is 3.32. The lowest BCUT2D eigenvalue weighted by molar-refractivity contribution is 0.185. The number of para-hydroxylation sites is 2. The molecule has 4 nitrogen and oxygen atoms in total. The molecule has 2 aliphatic rings. The third-order valence-corrected chi connectivity index (χ3v) is 4.22. The second-order valence-corrected chi connectivity index (χ2v) is 5.66. The summed E-state index contributed by atoms with van der Waals surface area (Å²) < 4.78 is 5.91. The third kappa shape index (κ3) is 2.60. The van der Waals surface area contributed by atoms with Gasteiger partial charge in [-0.05, 0) is 31.4 Å². The minimum absolute atomic E-state index is 0.0195.